The first-order chi connectivity index (χ1) is 7.35. The van der Waals surface area contributed by atoms with Gasteiger partial charge in [-0.25, -0.2) is 0 Å². The predicted octanol–water partition coefficient (Wildman–Crippen LogP) is 1.98. The Morgan fingerprint density at radius 2 is 2.07 bits per heavy atom. The van der Waals surface area contributed by atoms with E-state index >= 15 is 0 Å². The molecule has 3 nitrogen and oxygen atoms in total. The van der Waals surface area contributed by atoms with Crippen molar-refractivity contribution in [3.63, 3.8) is 0 Å². The monoisotopic (exact) mass is 215 g/mol. The second-order valence-corrected chi connectivity index (χ2v) is 3.66. The van der Waals surface area contributed by atoms with Crippen LogP contribution in [0.5, 0.6) is 0 Å². The summed E-state index contributed by atoms with van der Waals surface area (Å²) in [5.74, 6) is 0. The van der Waals surface area contributed by atoms with Crippen LogP contribution in [0.25, 0.3) is 0 Å². The van der Waals surface area contributed by atoms with Crippen molar-refractivity contribution in [3.05, 3.63) is 12.7 Å². The van der Waals surface area contributed by atoms with E-state index in [1.807, 2.05) is 6.08 Å². The van der Waals surface area contributed by atoms with Crippen LogP contribution in [-0.4, -0.2) is 40.0 Å². The summed E-state index contributed by atoms with van der Waals surface area (Å²) in [5.41, 5.74) is 0. The minimum Gasteiger partial charge on any atom is -0.382 e. The van der Waals surface area contributed by atoms with Gasteiger partial charge in [-0.1, -0.05) is 12.5 Å². The highest BCUT2D eigenvalue weighted by Crippen LogP contribution is 1.98. The standard InChI is InChI=1S/C12H25NO2/c1-4-5-6-7-8-9-13-10-12(15-3)11-14-2/h4,12-13H,1,5-11H2,2-3H3. The number of hydrogen-bond donors (Lipinski definition) is 1. The van der Waals surface area contributed by atoms with Gasteiger partial charge < -0.3 is 14.8 Å². The molecule has 0 aromatic carbocycles. The molecule has 0 bridgehead atoms. The Morgan fingerprint density at radius 1 is 1.27 bits per heavy atom. The Morgan fingerprint density at radius 3 is 2.67 bits per heavy atom. The molecule has 0 rings (SSSR count). The first-order valence-corrected chi connectivity index (χ1v) is 5.68. The molecule has 0 aliphatic carbocycles. The third-order valence-corrected chi connectivity index (χ3v) is 2.32. The van der Waals surface area contributed by atoms with Gasteiger partial charge in [0.25, 0.3) is 0 Å². The number of unbranched alkanes of at least 4 members (excludes halogenated alkanes) is 3. The van der Waals surface area contributed by atoms with Crippen LogP contribution < -0.4 is 5.32 Å². The quantitative estimate of drug-likeness (QED) is 0.422. The van der Waals surface area contributed by atoms with E-state index in [-0.39, 0.29) is 6.10 Å². The van der Waals surface area contributed by atoms with Crippen molar-refractivity contribution in [2.24, 2.45) is 0 Å². The fourth-order valence-corrected chi connectivity index (χ4v) is 1.37. The minimum atomic E-state index is 0.170. The third kappa shape index (κ3) is 9.91. The summed E-state index contributed by atoms with van der Waals surface area (Å²) in [4.78, 5) is 0. The van der Waals surface area contributed by atoms with E-state index in [2.05, 4.69) is 11.9 Å². The van der Waals surface area contributed by atoms with Crippen LogP contribution in [0.15, 0.2) is 12.7 Å². The molecule has 0 aromatic rings. The van der Waals surface area contributed by atoms with E-state index in [0.717, 1.165) is 19.5 Å². The molecule has 0 heterocycles. The van der Waals surface area contributed by atoms with Crippen molar-refractivity contribution in [2.75, 3.05) is 33.9 Å². The van der Waals surface area contributed by atoms with Gasteiger partial charge in [-0.2, -0.15) is 0 Å². The molecule has 90 valence electrons. The number of nitrogens with one attached hydrogen (secondary N) is 1. The Balaban J connectivity index is 3.17. The van der Waals surface area contributed by atoms with Gasteiger partial charge in [0.1, 0.15) is 0 Å². The van der Waals surface area contributed by atoms with Crippen molar-refractivity contribution >= 4 is 0 Å². The van der Waals surface area contributed by atoms with Crippen LogP contribution >= 0.6 is 0 Å². The molecule has 1 atom stereocenters. The van der Waals surface area contributed by atoms with Crippen molar-refractivity contribution < 1.29 is 9.47 Å². The number of allylic oxidation sites excluding steroid dienone is 1. The third-order valence-electron chi connectivity index (χ3n) is 2.32. The van der Waals surface area contributed by atoms with Gasteiger partial charge in [-0.15, -0.1) is 6.58 Å². The Hall–Kier alpha value is -0.380. The maximum atomic E-state index is 5.24. The Bertz CT molecular complexity index is 140. The Kier molecular flexibility index (Phi) is 11.4. The van der Waals surface area contributed by atoms with E-state index < -0.39 is 0 Å². The first kappa shape index (κ1) is 14.6. The molecule has 0 saturated carbocycles. The maximum absolute atomic E-state index is 5.24. The van der Waals surface area contributed by atoms with Crippen molar-refractivity contribution in [1.29, 1.82) is 0 Å². The number of hydrogen-bond acceptors (Lipinski definition) is 3. The summed E-state index contributed by atoms with van der Waals surface area (Å²) in [5, 5.41) is 3.37. The first-order valence-electron chi connectivity index (χ1n) is 5.68. The van der Waals surface area contributed by atoms with Crippen molar-refractivity contribution in [3.8, 4) is 0 Å². The van der Waals surface area contributed by atoms with Gasteiger partial charge in [0.15, 0.2) is 0 Å². The number of rotatable bonds is 11. The zero-order valence-corrected chi connectivity index (χ0v) is 10.1. The van der Waals surface area contributed by atoms with Crippen LogP contribution in [0.2, 0.25) is 0 Å². The average molecular weight is 215 g/mol. The maximum Gasteiger partial charge on any atom is 0.0928 e. The molecule has 0 fully saturated rings. The summed E-state index contributed by atoms with van der Waals surface area (Å²) in [6.07, 6.45) is 7.01. The summed E-state index contributed by atoms with van der Waals surface area (Å²) in [7, 11) is 3.41. The molecule has 1 unspecified atom stereocenters. The highest BCUT2D eigenvalue weighted by molar-refractivity contribution is 4.66. The summed E-state index contributed by atoms with van der Waals surface area (Å²) in [6.45, 7) is 6.28. The van der Waals surface area contributed by atoms with Crippen LogP contribution in [0.4, 0.5) is 0 Å². The highest BCUT2D eigenvalue weighted by atomic mass is 16.5. The van der Waals surface area contributed by atoms with Gasteiger partial charge >= 0.3 is 0 Å². The smallest absolute Gasteiger partial charge is 0.0928 e. The van der Waals surface area contributed by atoms with Gasteiger partial charge in [-0.3, -0.25) is 0 Å². The van der Waals surface area contributed by atoms with Crippen molar-refractivity contribution in [2.45, 2.75) is 31.8 Å². The summed E-state index contributed by atoms with van der Waals surface area (Å²) < 4.78 is 10.3. The van der Waals surface area contributed by atoms with E-state index in [1.165, 1.54) is 19.3 Å². The molecule has 0 aromatic heterocycles. The van der Waals surface area contributed by atoms with Gasteiger partial charge in [0.2, 0.25) is 0 Å². The topological polar surface area (TPSA) is 30.5 Å². The molecule has 0 spiro atoms. The molecule has 0 saturated heterocycles. The van der Waals surface area contributed by atoms with E-state index in [0.29, 0.717) is 6.61 Å². The normalized spacial score (nSPS) is 12.7. The summed E-state index contributed by atoms with van der Waals surface area (Å²) >= 11 is 0. The van der Waals surface area contributed by atoms with Gasteiger partial charge in [-0.05, 0) is 25.8 Å². The van der Waals surface area contributed by atoms with Crippen LogP contribution in [-0.2, 0) is 9.47 Å². The summed E-state index contributed by atoms with van der Waals surface area (Å²) in [6, 6.07) is 0. The lowest BCUT2D eigenvalue weighted by molar-refractivity contribution is 0.0290. The van der Waals surface area contributed by atoms with Crippen LogP contribution in [0.1, 0.15) is 25.7 Å². The van der Waals surface area contributed by atoms with Gasteiger partial charge in [0, 0.05) is 20.8 Å². The lowest BCUT2D eigenvalue weighted by Crippen LogP contribution is -2.32. The largest absolute Gasteiger partial charge is 0.382 e. The lowest BCUT2D eigenvalue weighted by atomic mass is 10.2. The second kappa shape index (κ2) is 11.7. The van der Waals surface area contributed by atoms with Crippen LogP contribution in [0.3, 0.4) is 0 Å². The molecule has 0 radical (unpaired) electrons. The number of ether oxygens (including phenoxy) is 2. The molecular formula is C12H25NO2. The van der Waals surface area contributed by atoms with Gasteiger partial charge in [0.05, 0.1) is 12.7 Å². The average Bonchev–Trinajstić information content (AvgIpc) is 2.26. The fourth-order valence-electron chi connectivity index (χ4n) is 1.37. The van der Waals surface area contributed by atoms with E-state index in [9.17, 15) is 0 Å². The molecule has 1 N–H and O–H groups in total. The molecule has 0 aliphatic heterocycles. The predicted molar refractivity (Wildman–Crippen MR) is 64.2 cm³/mol. The molecule has 3 heteroatoms. The fraction of sp³-hybridized carbons (Fsp3) is 0.833. The highest BCUT2D eigenvalue weighted by Gasteiger charge is 2.04. The van der Waals surface area contributed by atoms with E-state index in [4.69, 9.17) is 9.47 Å². The lowest BCUT2D eigenvalue weighted by Gasteiger charge is -2.14. The molecular weight excluding hydrogens is 190 g/mol. The van der Waals surface area contributed by atoms with Crippen molar-refractivity contribution in [1.82, 2.24) is 5.32 Å². The SMILES string of the molecule is C=CCCCCCNCC(COC)OC. The zero-order valence-electron chi connectivity index (χ0n) is 10.1. The van der Waals surface area contributed by atoms with E-state index in [1.54, 1.807) is 14.2 Å². The molecule has 0 aliphatic rings. The number of methoxy groups -OCH3 is 2. The van der Waals surface area contributed by atoms with Crippen LogP contribution in [0, 0.1) is 0 Å². The second-order valence-electron chi connectivity index (χ2n) is 3.66. The molecule has 0 amide bonds. The minimum absolute atomic E-state index is 0.170. The molecule has 15 heavy (non-hydrogen) atoms. The zero-order chi connectivity index (χ0) is 11.4. The Labute approximate surface area is 93.8 Å².